The van der Waals surface area contributed by atoms with Gasteiger partial charge in [0, 0.05) is 12.6 Å². The van der Waals surface area contributed by atoms with E-state index in [0.717, 1.165) is 50.8 Å². The van der Waals surface area contributed by atoms with E-state index in [9.17, 15) is 13.2 Å². The van der Waals surface area contributed by atoms with E-state index in [0.29, 0.717) is 39.7 Å². The molecule has 3 N–H and O–H groups in total. The summed E-state index contributed by atoms with van der Waals surface area (Å²) < 4.78 is 33.8. The number of fused-ring (bicyclic) bond motifs is 1. The maximum absolute atomic E-state index is 13.5. The molecule has 11 heteroatoms. The molecule has 1 amide bonds. The van der Waals surface area contributed by atoms with Gasteiger partial charge in [-0.05, 0) is 68.0 Å². The van der Waals surface area contributed by atoms with Crippen LogP contribution in [-0.4, -0.2) is 51.0 Å². The zero-order valence-corrected chi connectivity index (χ0v) is 23.2. The lowest BCUT2D eigenvalue weighted by atomic mass is 9.87. The van der Waals surface area contributed by atoms with E-state index in [4.69, 9.17) is 4.74 Å². The van der Waals surface area contributed by atoms with Gasteiger partial charge in [0.25, 0.3) is 0 Å². The van der Waals surface area contributed by atoms with E-state index in [-0.39, 0.29) is 10.8 Å². The van der Waals surface area contributed by atoms with E-state index < -0.39 is 15.9 Å². The molecule has 1 aliphatic carbocycles. The second-order valence-electron chi connectivity index (χ2n) is 10.3. The van der Waals surface area contributed by atoms with E-state index in [1.165, 1.54) is 24.2 Å². The van der Waals surface area contributed by atoms with Gasteiger partial charge in [0.1, 0.15) is 10.3 Å². The van der Waals surface area contributed by atoms with Crippen LogP contribution < -0.4 is 20.1 Å². The van der Waals surface area contributed by atoms with Gasteiger partial charge in [0.2, 0.25) is 21.8 Å². The Kier molecular flexibility index (Phi) is 8.57. The number of anilines is 1. The number of pyridine rings is 1. The number of piperidine rings is 1. The van der Waals surface area contributed by atoms with Crippen LogP contribution in [0.5, 0.6) is 5.88 Å². The molecule has 2 fully saturated rings. The lowest BCUT2D eigenvalue weighted by molar-refractivity contribution is -0.118. The summed E-state index contributed by atoms with van der Waals surface area (Å²) in [4.78, 5) is 23.4. The summed E-state index contributed by atoms with van der Waals surface area (Å²) in [5.74, 6) is 0.738. The molecule has 9 nitrogen and oxygen atoms in total. The van der Waals surface area contributed by atoms with Crippen LogP contribution in [0.3, 0.4) is 0 Å². The molecule has 204 valence electrons. The van der Waals surface area contributed by atoms with Crippen LogP contribution in [-0.2, 0) is 14.8 Å². The molecule has 2 aromatic heterocycles. The number of hydrogen-bond acceptors (Lipinski definition) is 8. The summed E-state index contributed by atoms with van der Waals surface area (Å²) in [5, 5.41) is 6.80. The number of rotatable bonds is 10. The lowest BCUT2D eigenvalue weighted by Crippen LogP contribution is -2.38. The average Bonchev–Trinajstić information content (AvgIpc) is 3.60. The van der Waals surface area contributed by atoms with E-state index >= 15 is 0 Å². The topological polar surface area (TPSA) is 122 Å². The third kappa shape index (κ3) is 6.51. The molecule has 5 rings (SSSR count). The fourth-order valence-electron chi connectivity index (χ4n) is 5.42. The third-order valence-corrected chi connectivity index (χ3v) is 9.90. The number of nitrogens with zero attached hydrogens (tertiary/aromatic N) is 2. The summed E-state index contributed by atoms with van der Waals surface area (Å²) in [6.45, 7) is 2.25. The van der Waals surface area contributed by atoms with Crippen molar-refractivity contribution in [1.29, 1.82) is 0 Å². The molecular formula is C27H35N5O4S2. The average molecular weight is 558 g/mol. The lowest BCUT2D eigenvalue weighted by Gasteiger charge is -2.23. The Morgan fingerprint density at radius 2 is 1.84 bits per heavy atom. The van der Waals surface area contributed by atoms with E-state index in [1.54, 1.807) is 37.4 Å². The van der Waals surface area contributed by atoms with Crippen molar-refractivity contribution < 1.29 is 17.9 Å². The Morgan fingerprint density at radius 1 is 1.08 bits per heavy atom. The second-order valence-corrected chi connectivity index (χ2v) is 13.0. The van der Waals surface area contributed by atoms with Gasteiger partial charge in [0.05, 0.1) is 17.9 Å². The Hall–Kier alpha value is -2.60. The van der Waals surface area contributed by atoms with Crippen LogP contribution in [0, 0.1) is 11.8 Å². The second kappa shape index (κ2) is 12.1. The molecule has 3 aromatic rings. The number of thiazole rings is 1. The first-order valence-electron chi connectivity index (χ1n) is 13.3. The van der Waals surface area contributed by atoms with Crippen molar-refractivity contribution in [1.82, 2.24) is 20.0 Å². The third-order valence-electron chi connectivity index (χ3n) is 7.58. The van der Waals surface area contributed by atoms with Crippen LogP contribution >= 0.6 is 11.3 Å². The minimum atomic E-state index is -3.62. The Morgan fingerprint density at radius 3 is 2.55 bits per heavy atom. The normalized spacial score (nSPS) is 19.4. The number of sulfonamides is 1. The highest BCUT2D eigenvalue weighted by Gasteiger charge is 2.28. The number of methoxy groups -OCH3 is 1. The summed E-state index contributed by atoms with van der Waals surface area (Å²) in [6, 6.07) is 10.3. The van der Waals surface area contributed by atoms with Crippen molar-refractivity contribution in [3.63, 3.8) is 0 Å². The summed E-state index contributed by atoms with van der Waals surface area (Å²) in [7, 11) is -2.06. The summed E-state index contributed by atoms with van der Waals surface area (Å²) >= 11 is 1.31. The summed E-state index contributed by atoms with van der Waals surface area (Å²) in [6.07, 6.45) is 7.40. The predicted molar refractivity (Wildman–Crippen MR) is 149 cm³/mol. The van der Waals surface area contributed by atoms with Crippen LogP contribution in [0.1, 0.15) is 56.4 Å². The quantitative estimate of drug-likeness (QED) is 0.340. The maximum Gasteiger partial charge on any atom is 0.240 e. The molecule has 1 saturated heterocycles. The minimum absolute atomic E-state index is 0.138. The monoisotopic (exact) mass is 557 g/mol. The highest BCUT2D eigenvalue weighted by Crippen LogP contribution is 2.36. The molecule has 1 saturated carbocycles. The number of carbonyl (C=O) groups excluding carboxylic acids is 1. The van der Waals surface area contributed by atoms with Crippen molar-refractivity contribution in [2.75, 3.05) is 32.1 Å². The van der Waals surface area contributed by atoms with Crippen molar-refractivity contribution in [2.45, 2.75) is 55.8 Å². The minimum Gasteiger partial charge on any atom is -0.481 e. The van der Waals surface area contributed by atoms with Crippen molar-refractivity contribution in [3.05, 3.63) is 42.0 Å². The van der Waals surface area contributed by atoms with E-state index in [2.05, 4.69) is 25.3 Å². The zero-order valence-electron chi connectivity index (χ0n) is 21.6. The van der Waals surface area contributed by atoms with Gasteiger partial charge < -0.3 is 15.4 Å². The SMILES string of the molecule is COc1ccc2nc(NC(=O)C(CC3CCCC3)c3ccc(S(=O)(=O)NCC4CCCNC4)cc3)sc2n1. The summed E-state index contributed by atoms with van der Waals surface area (Å²) in [5.41, 5.74) is 1.51. The Labute approximate surface area is 227 Å². The molecule has 1 aromatic carbocycles. The number of carbonyl (C=O) groups is 1. The largest absolute Gasteiger partial charge is 0.481 e. The van der Waals surface area contributed by atoms with Crippen LogP contribution in [0.15, 0.2) is 41.3 Å². The Balaban J connectivity index is 1.31. The number of amides is 1. The van der Waals surface area contributed by atoms with Gasteiger partial charge in [-0.1, -0.05) is 49.2 Å². The molecular weight excluding hydrogens is 522 g/mol. The molecule has 0 bridgehead atoms. The number of aromatic nitrogens is 2. The number of hydrogen-bond donors (Lipinski definition) is 3. The van der Waals surface area contributed by atoms with Gasteiger partial charge in [0.15, 0.2) is 5.13 Å². The van der Waals surface area contributed by atoms with Gasteiger partial charge in [-0.2, -0.15) is 0 Å². The molecule has 1 aliphatic heterocycles. The van der Waals surface area contributed by atoms with Crippen molar-refractivity contribution in [2.24, 2.45) is 11.8 Å². The molecule has 38 heavy (non-hydrogen) atoms. The van der Waals surface area contributed by atoms with Gasteiger partial charge in [-0.15, -0.1) is 0 Å². The van der Waals surface area contributed by atoms with Crippen molar-refractivity contribution >= 4 is 42.7 Å². The molecule has 0 spiro atoms. The highest BCUT2D eigenvalue weighted by molar-refractivity contribution is 7.89. The standard InChI is InChI=1S/C27H35N5O4S2/c1-36-24-13-12-23-26(31-24)37-27(30-23)32-25(33)22(15-18-5-2-3-6-18)20-8-10-21(11-9-20)38(34,35)29-17-19-7-4-14-28-16-19/h8-13,18-19,22,28-29H,2-7,14-17H2,1H3,(H,30,32,33). The zero-order chi connectivity index (χ0) is 26.5. The Bertz CT molecular complexity index is 1350. The van der Waals surface area contributed by atoms with Gasteiger partial charge in [-0.25, -0.2) is 23.1 Å². The first-order valence-corrected chi connectivity index (χ1v) is 15.6. The number of benzene rings is 1. The maximum atomic E-state index is 13.5. The first kappa shape index (κ1) is 27.0. The fraction of sp³-hybridized carbons (Fsp3) is 0.519. The molecule has 2 aliphatic rings. The first-order chi connectivity index (χ1) is 18.4. The molecule has 0 radical (unpaired) electrons. The van der Waals surface area contributed by atoms with E-state index in [1.807, 2.05) is 6.07 Å². The van der Waals surface area contributed by atoms with Crippen molar-refractivity contribution in [3.8, 4) is 5.88 Å². The number of ether oxygens (including phenoxy) is 1. The fourth-order valence-corrected chi connectivity index (χ4v) is 7.37. The van der Waals surface area contributed by atoms with Crippen LogP contribution in [0.4, 0.5) is 5.13 Å². The highest BCUT2D eigenvalue weighted by atomic mass is 32.2. The smallest absolute Gasteiger partial charge is 0.240 e. The van der Waals surface area contributed by atoms with Crippen LogP contribution in [0.25, 0.3) is 10.3 Å². The number of nitrogens with one attached hydrogen (secondary N) is 3. The van der Waals surface area contributed by atoms with Gasteiger partial charge >= 0.3 is 0 Å². The van der Waals surface area contributed by atoms with Crippen LogP contribution in [0.2, 0.25) is 0 Å². The molecule has 2 unspecified atom stereocenters. The molecule has 3 heterocycles. The predicted octanol–water partition coefficient (Wildman–Crippen LogP) is 4.28. The molecule has 2 atom stereocenters. The van der Waals surface area contributed by atoms with Gasteiger partial charge in [-0.3, -0.25) is 4.79 Å².